The summed E-state index contributed by atoms with van der Waals surface area (Å²) in [6.07, 6.45) is 5.92. The second-order valence-electron chi connectivity index (χ2n) is 6.37. The maximum absolute atomic E-state index is 6.19. The molecule has 0 atom stereocenters. The van der Waals surface area contributed by atoms with E-state index in [2.05, 4.69) is 62.1 Å². The zero-order valence-corrected chi connectivity index (χ0v) is 16.9. The van der Waals surface area contributed by atoms with Crippen LogP contribution in [0.25, 0.3) is 15.2 Å². The number of ether oxygens (including phenoxy) is 1. The summed E-state index contributed by atoms with van der Waals surface area (Å²) in [6.45, 7) is 5.11. The Morgan fingerprint density at radius 2 is 1.88 bits per heavy atom. The molecule has 0 unspecified atom stereocenters. The Bertz CT molecular complexity index is 823. The van der Waals surface area contributed by atoms with Crippen LogP contribution >= 0.6 is 0 Å². The predicted octanol–water partition coefficient (Wildman–Crippen LogP) is 6.06. The molecule has 0 amide bonds. The molecule has 0 fully saturated rings. The monoisotopic (exact) mass is 398 g/mol. The quantitative estimate of drug-likeness (QED) is 0.327. The van der Waals surface area contributed by atoms with Gasteiger partial charge in [0.1, 0.15) is 0 Å². The van der Waals surface area contributed by atoms with Crippen LogP contribution in [-0.2, 0) is 0 Å². The molecule has 0 aromatic heterocycles. The average molecular weight is 397 g/mol. The molecule has 25 heavy (non-hydrogen) atoms. The van der Waals surface area contributed by atoms with Gasteiger partial charge in [0, 0.05) is 0 Å². The Labute approximate surface area is 158 Å². The predicted molar refractivity (Wildman–Crippen MR) is 109 cm³/mol. The zero-order chi connectivity index (χ0) is 17.5. The molecule has 1 heterocycles. The Kier molecular flexibility index (Phi) is 6.62. The Morgan fingerprint density at radius 3 is 2.72 bits per heavy atom. The minimum atomic E-state index is 0.464. The van der Waals surface area contributed by atoms with E-state index in [0.717, 1.165) is 12.2 Å². The van der Waals surface area contributed by atoms with Crippen LogP contribution in [0.15, 0.2) is 42.0 Å². The van der Waals surface area contributed by atoms with Gasteiger partial charge in [-0.15, -0.1) is 0 Å². The molecule has 2 heteroatoms. The SMILES string of the molecule is CCCCC#CC1=C([Se]CCCC)c2ccc3ccccc3c2OC1. The minimum absolute atomic E-state index is 0.464. The molecule has 1 aliphatic rings. The zero-order valence-electron chi connectivity index (χ0n) is 15.2. The molecular weight excluding hydrogens is 371 g/mol. The van der Waals surface area contributed by atoms with E-state index in [4.69, 9.17) is 4.74 Å². The van der Waals surface area contributed by atoms with Crippen LogP contribution in [0.4, 0.5) is 0 Å². The summed E-state index contributed by atoms with van der Waals surface area (Å²) in [6, 6.07) is 13.0. The van der Waals surface area contributed by atoms with Gasteiger partial charge in [-0.2, -0.15) is 0 Å². The fourth-order valence-electron chi connectivity index (χ4n) is 2.96. The van der Waals surface area contributed by atoms with Crippen molar-refractivity contribution in [1.82, 2.24) is 0 Å². The molecule has 1 aliphatic heterocycles. The van der Waals surface area contributed by atoms with E-state index in [9.17, 15) is 0 Å². The van der Waals surface area contributed by atoms with Gasteiger partial charge in [-0.3, -0.25) is 0 Å². The Hall–Kier alpha value is -1.68. The summed E-state index contributed by atoms with van der Waals surface area (Å²) >= 11 is 0.464. The summed E-state index contributed by atoms with van der Waals surface area (Å²) in [5.41, 5.74) is 2.50. The summed E-state index contributed by atoms with van der Waals surface area (Å²) in [4.78, 5) is 0. The summed E-state index contributed by atoms with van der Waals surface area (Å²) < 4.78 is 7.66. The van der Waals surface area contributed by atoms with Crippen LogP contribution in [0.5, 0.6) is 5.75 Å². The summed E-state index contributed by atoms with van der Waals surface area (Å²) in [7, 11) is 0. The van der Waals surface area contributed by atoms with Crippen molar-refractivity contribution in [1.29, 1.82) is 0 Å². The van der Waals surface area contributed by atoms with E-state index in [1.54, 1.807) is 0 Å². The van der Waals surface area contributed by atoms with E-state index in [1.807, 2.05) is 0 Å². The maximum atomic E-state index is 6.19. The summed E-state index contributed by atoms with van der Waals surface area (Å²) in [5.74, 6) is 7.87. The first-order chi connectivity index (χ1) is 12.3. The molecule has 130 valence electrons. The van der Waals surface area contributed by atoms with Gasteiger partial charge in [-0.05, 0) is 0 Å². The molecular formula is C23H26OSe. The van der Waals surface area contributed by atoms with Gasteiger partial charge in [0.15, 0.2) is 0 Å². The van der Waals surface area contributed by atoms with Gasteiger partial charge in [-0.1, -0.05) is 0 Å². The third-order valence-corrected chi connectivity index (χ3v) is 7.02. The number of benzene rings is 2. The van der Waals surface area contributed by atoms with Crippen molar-refractivity contribution < 1.29 is 4.74 Å². The molecule has 0 radical (unpaired) electrons. The van der Waals surface area contributed by atoms with Crippen LogP contribution in [0.2, 0.25) is 5.32 Å². The number of hydrogen-bond donors (Lipinski definition) is 0. The Morgan fingerprint density at radius 1 is 1.04 bits per heavy atom. The number of fused-ring (bicyclic) bond motifs is 3. The third-order valence-electron chi connectivity index (χ3n) is 4.40. The first-order valence-corrected chi connectivity index (χ1v) is 11.4. The first-order valence-electron chi connectivity index (χ1n) is 9.34. The van der Waals surface area contributed by atoms with Crippen LogP contribution < -0.4 is 4.74 Å². The molecule has 0 N–H and O–H groups in total. The van der Waals surface area contributed by atoms with Crippen LogP contribution in [-0.4, -0.2) is 21.6 Å². The van der Waals surface area contributed by atoms with Gasteiger partial charge in [0.25, 0.3) is 0 Å². The summed E-state index contributed by atoms with van der Waals surface area (Å²) in [5, 5.41) is 3.76. The molecule has 3 rings (SSSR count). The van der Waals surface area contributed by atoms with Crippen LogP contribution in [0.1, 0.15) is 51.5 Å². The van der Waals surface area contributed by atoms with Crippen molar-refractivity contribution in [2.24, 2.45) is 0 Å². The van der Waals surface area contributed by atoms with E-state index >= 15 is 0 Å². The first kappa shape index (κ1) is 18.1. The number of unbranched alkanes of at least 4 members (excludes halogenated alkanes) is 3. The van der Waals surface area contributed by atoms with E-state index in [-0.39, 0.29) is 0 Å². The van der Waals surface area contributed by atoms with Crippen LogP contribution in [0.3, 0.4) is 0 Å². The van der Waals surface area contributed by atoms with Crippen molar-refractivity contribution in [3.63, 3.8) is 0 Å². The molecule has 2 aromatic rings. The molecule has 0 aliphatic carbocycles. The van der Waals surface area contributed by atoms with E-state index < -0.39 is 0 Å². The van der Waals surface area contributed by atoms with Gasteiger partial charge in [0.2, 0.25) is 0 Å². The van der Waals surface area contributed by atoms with E-state index in [0.29, 0.717) is 21.6 Å². The number of hydrogen-bond acceptors (Lipinski definition) is 1. The fraction of sp³-hybridized carbons (Fsp3) is 0.391. The Balaban J connectivity index is 2.00. The number of rotatable bonds is 6. The molecule has 0 saturated heterocycles. The van der Waals surface area contributed by atoms with Crippen molar-refractivity contribution in [3.8, 4) is 17.6 Å². The molecule has 1 nitrogen and oxygen atoms in total. The van der Waals surface area contributed by atoms with Gasteiger partial charge in [0.05, 0.1) is 0 Å². The normalized spacial score (nSPS) is 13.2. The standard InChI is InChI=1S/C23H26OSe/c1-3-5-7-8-12-19-17-24-22-20-13-10-9-11-18(20)14-15-21(22)23(19)25-16-6-4-2/h9-11,13-15H,3-7,16-17H2,1-2H3. The second-order valence-corrected chi connectivity index (χ2v) is 8.69. The topological polar surface area (TPSA) is 9.23 Å². The van der Waals surface area contributed by atoms with Gasteiger partial charge >= 0.3 is 158 Å². The fourth-order valence-corrected chi connectivity index (χ4v) is 5.56. The second kappa shape index (κ2) is 9.14. The van der Waals surface area contributed by atoms with Gasteiger partial charge in [-0.25, -0.2) is 0 Å². The molecule has 0 bridgehead atoms. The van der Waals surface area contributed by atoms with Crippen molar-refractivity contribution in [3.05, 3.63) is 47.5 Å². The van der Waals surface area contributed by atoms with Crippen molar-refractivity contribution in [2.75, 3.05) is 6.61 Å². The molecule has 0 saturated carbocycles. The van der Waals surface area contributed by atoms with Crippen molar-refractivity contribution >= 4 is 30.2 Å². The molecule has 0 spiro atoms. The van der Waals surface area contributed by atoms with Gasteiger partial charge < -0.3 is 0 Å². The molecule has 2 aromatic carbocycles. The third kappa shape index (κ3) is 4.30. The van der Waals surface area contributed by atoms with Crippen molar-refractivity contribution in [2.45, 2.75) is 51.3 Å². The average Bonchev–Trinajstić information content (AvgIpc) is 2.66. The van der Waals surface area contributed by atoms with E-state index in [1.165, 1.54) is 57.4 Å². The van der Waals surface area contributed by atoms with Crippen LogP contribution in [0, 0.1) is 11.8 Å².